The molecule has 0 saturated carbocycles. The van der Waals surface area contributed by atoms with E-state index >= 15 is 0 Å². The summed E-state index contributed by atoms with van der Waals surface area (Å²) < 4.78 is 9.83. The molecule has 0 amide bonds. The minimum atomic E-state index is -0.719. The quantitative estimate of drug-likeness (QED) is 0.601. The first kappa shape index (κ1) is 10.0. The summed E-state index contributed by atoms with van der Waals surface area (Å²) in [5.74, 6) is -1.14. The van der Waals surface area contributed by atoms with E-state index in [-0.39, 0.29) is 18.4 Å². The van der Waals surface area contributed by atoms with Gasteiger partial charge in [-0.1, -0.05) is 0 Å². The van der Waals surface area contributed by atoms with E-state index in [2.05, 4.69) is 0 Å². The normalized spacial score (nSPS) is 25.5. The number of hydrogen-bond acceptors (Lipinski definition) is 4. The lowest BCUT2D eigenvalue weighted by Crippen LogP contribution is -2.34. The smallest absolute Gasteiger partial charge is 0.313 e. The van der Waals surface area contributed by atoms with Crippen LogP contribution in [0, 0.1) is 5.92 Å². The van der Waals surface area contributed by atoms with Crippen LogP contribution in [0.4, 0.5) is 0 Å². The van der Waals surface area contributed by atoms with Gasteiger partial charge in [0.05, 0.1) is 13.0 Å². The Bertz CT molecular complexity index is 232. The van der Waals surface area contributed by atoms with E-state index < -0.39 is 11.5 Å². The molecule has 4 heteroatoms. The summed E-state index contributed by atoms with van der Waals surface area (Å²) in [6.45, 7) is 5.51. The molecule has 1 fully saturated rings. The standard InChI is InChI=1S/C9H14O4/c1-4-12-8(11)6-5-7(10)13-9(6,2)3/h6H,4-5H2,1-3H3. The van der Waals surface area contributed by atoms with Gasteiger partial charge in [0.25, 0.3) is 0 Å². The summed E-state index contributed by atoms with van der Waals surface area (Å²) in [7, 11) is 0. The van der Waals surface area contributed by atoms with Crippen molar-refractivity contribution in [1.29, 1.82) is 0 Å². The van der Waals surface area contributed by atoms with E-state index in [1.165, 1.54) is 0 Å². The van der Waals surface area contributed by atoms with E-state index in [4.69, 9.17) is 9.47 Å². The third-order valence-electron chi connectivity index (χ3n) is 2.16. The fourth-order valence-corrected chi connectivity index (χ4v) is 1.43. The van der Waals surface area contributed by atoms with Gasteiger partial charge in [0.1, 0.15) is 11.5 Å². The maximum atomic E-state index is 11.4. The van der Waals surface area contributed by atoms with Crippen LogP contribution in [0.15, 0.2) is 0 Å². The summed E-state index contributed by atoms with van der Waals surface area (Å²) >= 11 is 0. The number of carbonyl (C=O) groups is 2. The molecule has 0 bridgehead atoms. The monoisotopic (exact) mass is 186 g/mol. The highest BCUT2D eigenvalue weighted by Gasteiger charge is 2.46. The van der Waals surface area contributed by atoms with Gasteiger partial charge in [-0.2, -0.15) is 0 Å². The van der Waals surface area contributed by atoms with Crippen molar-refractivity contribution in [1.82, 2.24) is 0 Å². The number of esters is 2. The Kier molecular flexibility index (Phi) is 2.59. The van der Waals surface area contributed by atoms with Crippen molar-refractivity contribution >= 4 is 11.9 Å². The minimum Gasteiger partial charge on any atom is -0.466 e. The average molecular weight is 186 g/mol. The summed E-state index contributed by atoms with van der Waals surface area (Å²) in [5.41, 5.74) is -0.719. The van der Waals surface area contributed by atoms with Crippen LogP contribution in [0.1, 0.15) is 27.2 Å². The lowest BCUT2D eigenvalue weighted by Gasteiger charge is -2.22. The number of carbonyl (C=O) groups excluding carboxylic acids is 2. The summed E-state index contributed by atoms with van der Waals surface area (Å²) in [6.07, 6.45) is 0.131. The lowest BCUT2D eigenvalue weighted by atomic mass is 9.91. The Hall–Kier alpha value is -1.06. The molecule has 0 aromatic rings. The molecule has 0 spiro atoms. The summed E-state index contributed by atoms with van der Waals surface area (Å²) in [4.78, 5) is 22.3. The zero-order valence-corrected chi connectivity index (χ0v) is 8.12. The molecule has 74 valence electrons. The Morgan fingerprint density at radius 2 is 2.31 bits per heavy atom. The first-order valence-corrected chi connectivity index (χ1v) is 4.36. The van der Waals surface area contributed by atoms with Crippen LogP contribution in [-0.4, -0.2) is 24.1 Å². The van der Waals surface area contributed by atoms with E-state index in [9.17, 15) is 9.59 Å². The molecule has 1 saturated heterocycles. The Balaban J connectivity index is 2.69. The number of hydrogen-bond donors (Lipinski definition) is 0. The minimum absolute atomic E-state index is 0.131. The molecule has 1 heterocycles. The first-order chi connectivity index (χ1) is 5.97. The van der Waals surface area contributed by atoms with Crippen LogP contribution in [-0.2, 0) is 19.1 Å². The molecule has 0 radical (unpaired) electrons. The van der Waals surface area contributed by atoms with E-state index in [1.54, 1.807) is 20.8 Å². The van der Waals surface area contributed by atoms with Gasteiger partial charge in [-0.15, -0.1) is 0 Å². The van der Waals surface area contributed by atoms with E-state index in [0.717, 1.165) is 0 Å². The molecule has 1 aliphatic heterocycles. The topological polar surface area (TPSA) is 52.6 Å². The van der Waals surface area contributed by atoms with Gasteiger partial charge in [0.15, 0.2) is 0 Å². The van der Waals surface area contributed by atoms with Gasteiger partial charge in [-0.05, 0) is 20.8 Å². The van der Waals surface area contributed by atoms with Gasteiger partial charge in [-0.25, -0.2) is 0 Å². The predicted molar refractivity (Wildman–Crippen MR) is 44.9 cm³/mol. The summed E-state index contributed by atoms with van der Waals surface area (Å²) in [5, 5.41) is 0. The second kappa shape index (κ2) is 3.36. The van der Waals surface area contributed by atoms with Crippen molar-refractivity contribution in [2.24, 2.45) is 5.92 Å². The SMILES string of the molecule is CCOC(=O)C1CC(=O)OC1(C)C. The number of cyclic esters (lactones) is 1. The van der Waals surface area contributed by atoms with Crippen LogP contribution in [0.5, 0.6) is 0 Å². The average Bonchev–Trinajstić information content (AvgIpc) is 2.24. The molecular weight excluding hydrogens is 172 g/mol. The maximum Gasteiger partial charge on any atom is 0.313 e. The van der Waals surface area contributed by atoms with Gasteiger partial charge < -0.3 is 9.47 Å². The first-order valence-electron chi connectivity index (χ1n) is 4.36. The molecule has 1 unspecified atom stereocenters. The van der Waals surface area contributed by atoms with Crippen molar-refractivity contribution < 1.29 is 19.1 Å². The fourth-order valence-electron chi connectivity index (χ4n) is 1.43. The lowest BCUT2D eigenvalue weighted by molar-refractivity contribution is -0.155. The maximum absolute atomic E-state index is 11.4. The van der Waals surface area contributed by atoms with Crippen molar-refractivity contribution in [2.75, 3.05) is 6.61 Å². The molecule has 1 atom stereocenters. The fraction of sp³-hybridized carbons (Fsp3) is 0.778. The van der Waals surface area contributed by atoms with Crippen LogP contribution in [0.2, 0.25) is 0 Å². The number of ether oxygens (including phenoxy) is 2. The second-order valence-electron chi connectivity index (χ2n) is 3.59. The molecule has 0 aliphatic carbocycles. The van der Waals surface area contributed by atoms with E-state index in [1.807, 2.05) is 0 Å². The molecular formula is C9H14O4. The van der Waals surface area contributed by atoms with Crippen molar-refractivity contribution in [2.45, 2.75) is 32.8 Å². The predicted octanol–water partition coefficient (Wildman–Crippen LogP) is 0.891. The third kappa shape index (κ3) is 1.99. The highest BCUT2D eigenvalue weighted by atomic mass is 16.6. The second-order valence-corrected chi connectivity index (χ2v) is 3.59. The number of rotatable bonds is 2. The van der Waals surface area contributed by atoms with Gasteiger partial charge in [0.2, 0.25) is 0 Å². The van der Waals surface area contributed by atoms with Crippen LogP contribution in [0.3, 0.4) is 0 Å². The van der Waals surface area contributed by atoms with Gasteiger partial charge in [-0.3, -0.25) is 9.59 Å². The Morgan fingerprint density at radius 1 is 1.69 bits per heavy atom. The molecule has 13 heavy (non-hydrogen) atoms. The zero-order valence-electron chi connectivity index (χ0n) is 8.12. The molecule has 0 aromatic carbocycles. The van der Waals surface area contributed by atoms with Crippen molar-refractivity contribution in [3.63, 3.8) is 0 Å². The molecule has 0 aromatic heterocycles. The van der Waals surface area contributed by atoms with Crippen LogP contribution in [0.25, 0.3) is 0 Å². The van der Waals surface area contributed by atoms with Gasteiger partial charge in [0, 0.05) is 0 Å². The Labute approximate surface area is 77.2 Å². The zero-order chi connectivity index (χ0) is 10.1. The third-order valence-corrected chi connectivity index (χ3v) is 2.16. The van der Waals surface area contributed by atoms with Crippen LogP contribution < -0.4 is 0 Å². The highest BCUT2D eigenvalue weighted by Crippen LogP contribution is 2.33. The molecule has 1 aliphatic rings. The molecule has 0 N–H and O–H groups in total. The largest absolute Gasteiger partial charge is 0.466 e. The summed E-state index contributed by atoms with van der Waals surface area (Å²) in [6, 6.07) is 0. The highest BCUT2D eigenvalue weighted by molar-refractivity contribution is 5.84. The van der Waals surface area contributed by atoms with Gasteiger partial charge >= 0.3 is 11.9 Å². The molecule has 4 nitrogen and oxygen atoms in total. The van der Waals surface area contributed by atoms with Crippen LogP contribution >= 0.6 is 0 Å². The molecule has 1 rings (SSSR count). The van der Waals surface area contributed by atoms with Crippen molar-refractivity contribution in [3.05, 3.63) is 0 Å². The van der Waals surface area contributed by atoms with E-state index in [0.29, 0.717) is 6.61 Å². The van der Waals surface area contributed by atoms with Crippen molar-refractivity contribution in [3.8, 4) is 0 Å². The Morgan fingerprint density at radius 3 is 2.69 bits per heavy atom.